The van der Waals surface area contributed by atoms with E-state index in [1.165, 1.54) is 33.4 Å². The predicted molar refractivity (Wildman–Crippen MR) is 155 cm³/mol. The second kappa shape index (κ2) is 13.5. The quantitative estimate of drug-likeness (QED) is 0.226. The second-order valence-corrected chi connectivity index (χ2v) is 9.41. The zero-order chi connectivity index (χ0) is 25.9. The number of rotatable bonds is 8. The zero-order valence-corrected chi connectivity index (χ0v) is 22.8. The average molecular weight is 477 g/mol. The first kappa shape index (κ1) is 27.1. The van der Waals surface area contributed by atoms with E-state index in [-0.39, 0.29) is 0 Å². The fourth-order valence-electron chi connectivity index (χ4n) is 4.17. The number of benzene rings is 4. The Bertz CT molecular complexity index is 1160. The molecule has 4 rings (SSSR count). The summed E-state index contributed by atoms with van der Waals surface area (Å²) in [6, 6.07) is 30.6. The summed E-state index contributed by atoms with van der Waals surface area (Å²) in [6.07, 6.45) is 4.17. The maximum absolute atomic E-state index is 4.56. The van der Waals surface area contributed by atoms with Gasteiger partial charge in [0.1, 0.15) is 0 Å². The molecule has 0 atom stereocenters. The highest BCUT2D eigenvalue weighted by Crippen LogP contribution is 2.26. The molecule has 0 aliphatic rings. The molecule has 186 valence electrons. The summed E-state index contributed by atoms with van der Waals surface area (Å²) in [5.74, 6) is 0. The van der Waals surface area contributed by atoms with Crippen molar-refractivity contribution in [2.75, 3.05) is 0 Å². The van der Waals surface area contributed by atoms with Crippen LogP contribution in [0.25, 0.3) is 0 Å². The highest BCUT2D eigenvalue weighted by atomic mass is 15.1. The molecule has 36 heavy (non-hydrogen) atoms. The maximum Gasteiger partial charge on any atom is 0.0886 e. The van der Waals surface area contributed by atoms with Crippen LogP contribution in [0, 0.1) is 27.7 Å². The molecule has 0 aliphatic heterocycles. The van der Waals surface area contributed by atoms with Crippen molar-refractivity contribution in [3.05, 3.63) is 129 Å². The van der Waals surface area contributed by atoms with Crippen LogP contribution in [-0.2, 0) is 25.7 Å². The summed E-state index contributed by atoms with van der Waals surface area (Å²) in [5, 5.41) is 9.12. The van der Waals surface area contributed by atoms with E-state index in [0.29, 0.717) is 0 Å². The molecule has 0 unspecified atom stereocenters. The molecule has 4 aromatic carbocycles. The van der Waals surface area contributed by atoms with E-state index in [1.807, 2.05) is 13.8 Å². The third-order valence-corrected chi connectivity index (χ3v) is 6.43. The van der Waals surface area contributed by atoms with Crippen molar-refractivity contribution < 1.29 is 0 Å². The van der Waals surface area contributed by atoms with Gasteiger partial charge in [-0.2, -0.15) is 10.2 Å². The van der Waals surface area contributed by atoms with Gasteiger partial charge >= 0.3 is 0 Å². The number of azo groups is 1. The lowest BCUT2D eigenvalue weighted by Crippen LogP contribution is -1.92. The van der Waals surface area contributed by atoms with Gasteiger partial charge in [-0.15, -0.1) is 0 Å². The van der Waals surface area contributed by atoms with Crippen LogP contribution in [0.2, 0.25) is 0 Å². The first-order valence-corrected chi connectivity index (χ1v) is 13.2. The standard InChI is InChI=1S/C32H34N2.C2H6/c1-23-5-9-27(10-6-23)13-15-29-17-19-31(25(3)21-29)33-34-32-20-18-30(22-26(32)4)16-14-28-11-7-24(2)8-12-28;1-2/h5-12,17-22H,13-16H2,1-4H3;1-2H3. The molecule has 0 spiro atoms. The van der Waals surface area contributed by atoms with Crippen LogP contribution in [0.5, 0.6) is 0 Å². The summed E-state index contributed by atoms with van der Waals surface area (Å²) in [6.45, 7) is 12.5. The van der Waals surface area contributed by atoms with E-state index in [0.717, 1.165) is 48.2 Å². The topological polar surface area (TPSA) is 24.7 Å². The lowest BCUT2D eigenvalue weighted by molar-refractivity contribution is 0.955. The molecular weight excluding hydrogens is 436 g/mol. The minimum absolute atomic E-state index is 0.932. The molecule has 2 nitrogen and oxygen atoms in total. The van der Waals surface area contributed by atoms with Gasteiger partial charge in [-0.3, -0.25) is 0 Å². The van der Waals surface area contributed by atoms with Crippen molar-refractivity contribution in [3.63, 3.8) is 0 Å². The van der Waals surface area contributed by atoms with Gasteiger partial charge in [0, 0.05) is 0 Å². The van der Waals surface area contributed by atoms with E-state index in [4.69, 9.17) is 0 Å². The fourth-order valence-corrected chi connectivity index (χ4v) is 4.17. The summed E-state index contributed by atoms with van der Waals surface area (Å²) < 4.78 is 0. The van der Waals surface area contributed by atoms with E-state index in [1.54, 1.807) is 0 Å². The van der Waals surface area contributed by atoms with Crippen molar-refractivity contribution in [2.45, 2.75) is 67.2 Å². The first-order chi connectivity index (χ1) is 17.5. The third-order valence-electron chi connectivity index (χ3n) is 6.43. The minimum Gasteiger partial charge on any atom is -0.150 e. The Labute approximate surface area is 218 Å². The molecule has 4 aromatic rings. The molecular formula is C34H40N2. The van der Waals surface area contributed by atoms with E-state index < -0.39 is 0 Å². The van der Waals surface area contributed by atoms with Gasteiger partial charge < -0.3 is 0 Å². The van der Waals surface area contributed by atoms with Crippen molar-refractivity contribution in [1.29, 1.82) is 0 Å². The fraction of sp³-hybridized carbons (Fsp3) is 0.294. The van der Waals surface area contributed by atoms with Crippen molar-refractivity contribution in [2.24, 2.45) is 10.2 Å². The Hall–Kier alpha value is -3.52. The SMILES string of the molecule is CC.Cc1ccc(CCc2ccc(N=Nc3ccc(CCc4ccc(C)cc4)cc3C)c(C)c2)cc1. The number of hydrogen-bond donors (Lipinski definition) is 0. The highest BCUT2D eigenvalue weighted by molar-refractivity contribution is 5.50. The van der Waals surface area contributed by atoms with Crippen LogP contribution >= 0.6 is 0 Å². The van der Waals surface area contributed by atoms with Crippen LogP contribution in [0.4, 0.5) is 11.4 Å². The van der Waals surface area contributed by atoms with Gasteiger partial charge in [0.2, 0.25) is 0 Å². The first-order valence-electron chi connectivity index (χ1n) is 13.2. The van der Waals surface area contributed by atoms with Gasteiger partial charge in [-0.1, -0.05) is 97.8 Å². The van der Waals surface area contributed by atoms with Crippen LogP contribution in [0.15, 0.2) is 95.2 Å². The Balaban J connectivity index is 0.00000176. The van der Waals surface area contributed by atoms with Crippen LogP contribution in [0.1, 0.15) is 58.4 Å². The van der Waals surface area contributed by atoms with Gasteiger partial charge in [0.15, 0.2) is 0 Å². The van der Waals surface area contributed by atoms with E-state index in [2.05, 4.69) is 123 Å². The molecule has 0 saturated carbocycles. The number of nitrogens with zero attached hydrogens (tertiary/aromatic N) is 2. The highest BCUT2D eigenvalue weighted by Gasteiger charge is 2.04. The van der Waals surface area contributed by atoms with Crippen LogP contribution < -0.4 is 0 Å². The Morgan fingerprint density at radius 2 is 0.722 bits per heavy atom. The normalized spacial score (nSPS) is 10.8. The smallest absolute Gasteiger partial charge is 0.0886 e. The van der Waals surface area contributed by atoms with E-state index in [9.17, 15) is 0 Å². The molecule has 0 N–H and O–H groups in total. The van der Waals surface area contributed by atoms with Crippen LogP contribution in [-0.4, -0.2) is 0 Å². The summed E-state index contributed by atoms with van der Waals surface area (Å²) >= 11 is 0. The second-order valence-electron chi connectivity index (χ2n) is 9.41. The van der Waals surface area contributed by atoms with Gasteiger partial charge in [-0.25, -0.2) is 0 Å². The maximum atomic E-state index is 4.56. The van der Waals surface area contributed by atoms with Gasteiger partial charge in [0.05, 0.1) is 11.4 Å². The molecule has 0 bridgehead atoms. The van der Waals surface area contributed by atoms with E-state index >= 15 is 0 Å². The molecule has 0 aliphatic carbocycles. The molecule has 0 heterocycles. The number of hydrogen-bond acceptors (Lipinski definition) is 2. The van der Waals surface area contributed by atoms with Crippen LogP contribution in [0.3, 0.4) is 0 Å². The molecule has 2 heteroatoms. The van der Waals surface area contributed by atoms with Gasteiger partial charge in [-0.05, 0) is 98.9 Å². The predicted octanol–water partition coefficient (Wildman–Crippen LogP) is 9.93. The molecule has 0 saturated heterocycles. The van der Waals surface area contributed by atoms with Crippen molar-refractivity contribution in [1.82, 2.24) is 0 Å². The Kier molecular flexibility index (Phi) is 10.2. The third kappa shape index (κ3) is 8.02. The molecule has 0 radical (unpaired) electrons. The monoisotopic (exact) mass is 476 g/mol. The number of aryl methyl sites for hydroxylation is 8. The summed E-state index contributed by atoms with van der Waals surface area (Å²) in [5.41, 5.74) is 12.2. The average Bonchev–Trinajstić information content (AvgIpc) is 2.89. The zero-order valence-electron chi connectivity index (χ0n) is 22.8. The lowest BCUT2D eigenvalue weighted by atomic mass is 10.0. The molecule has 0 fully saturated rings. The summed E-state index contributed by atoms with van der Waals surface area (Å²) in [7, 11) is 0. The van der Waals surface area contributed by atoms with Crippen molar-refractivity contribution in [3.8, 4) is 0 Å². The summed E-state index contributed by atoms with van der Waals surface area (Å²) in [4.78, 5) is 0. The Morgan fingerprint density at radius 1 is 0.417 bits per heavy atom. The van der Waals surface area contributed by atoms with Crippen molar-refractivity contribution >= 4 is 11.4 Å². The minimum atomic E-state index is 0.932. The molecule has 0 aromatic heterocycles. The lowest BCUT2D eigenvalue weighted by Gasteiger charge is -2.07. The Morgan fingerprint density at radius 3 is 1.06 bits per heavy atom. The largest absolute Gasteiger partial charge is 0.150 e. The van der Waals surface area contributed by atoms with Gasteiger partial charge in [0.25, 0.3) is 0 Å². The molecule has 0 amide bonds.